The van der Waals surface area contributed by atoms with Crippen molar-refractivity contribution >= 4 is 28.3 Å². The third-order valence-corrected chi connectivity index (χ3v) is 8.40. The Morgan fingerprint density at radius 2 is 1.97 bits per heavy atom. The van der Waals surface area contributed by atoms with Crippen LogP contribution in [0.2, 0.25) is 0 Å². The molecule has 0 unspecified atom stereocenters. The van der Waals surface area contributed by atoms with E-state index < -0.39 is 20.7 Å². The Morgan fingerprint density at radius 3 is 2.52 bits per heavy atom. The number of carbonyl (C=O) groups is 1. The van der Waals surface area contributed by atoms with Gasteiger partial charge in [-0.2, -0.15) is 0 Å². The molecule has 2 fully saturated rings. The van der Waals surface area contributed by atoms with E-state index in [0.29, 0.717) is 19.3 Å². The third-order valence-electron chi connectivity index (χ3n) is 5.78. The summed E-state index contributed by atoms with van der Waals surface area (Å²) in [6, 6.07) is 3.77. The van der Waals surface area contributed by atoms with Crippen LogP contribution < -0.4 is 5.48 Å². The number of aliphatic hydroxyl groups is 1. The molecule has 3 heterocycles. The van der Waals surface area contributed by atoms with E-state index in [1.54, 1.807) is 11.7 Å². The minimum atomic E-state index is -3.96. The van der Waals surface area contributed by atoms with Gasteiger partial charge >= 0.3 is 0 Å². The molecule has 3 N–H and O–H groups in total. The largest absolute Gasteiger partial charge is 0.395 e. The Morgan fingerprint density at radius 1 is 1.29 bits per heavy atom. The van der Waals surface area contributed by atoms with Crippen LogP contribution in [0.4, 0.5) is 0 Å². The van der Waals surface area contributed by atoms with Crippen LogP contribution in [0.5, 0.6) is 0 Å². The quantitative estimate of drug-likeness (QED) is 0.327. The normalized spacial score (nSPS) is 19.5. The highest BCUT2D eigenvalue weighted by Gasteiger charge is 2.54. The van der Waals surface area contributed by atoms with Gasteiger partial charge in [0.25, 0.3) is 5.91 Å². The zero-order valence-corrected chi connectivity index (χ0v) is 18.8. The molecule has 1 aromatic rings. The van der Waals surface area contributed by atoms with Crippen molar-refractivity contribution in [3.05, 3.63) is 29.6 Å². The third kappa shape index (κ3) is 5.37. The second-order valence-corrected chi connectivity index (χ2v) is 9.72. The molecule has 31 heavy (non-hydrogen) atoms. The number of sulfonamides is 1. The van der Waals surface area contributed by atoms with E-state index in [4.69, 9.17) is 15.1 Å². The number of pyridine rings is 1. The van der Waals surface area contributed by atoms with Crippen LogP contribution in [-0.2, 0) is 19.6 Å². The maximum atomic E-state index is 13.3. The van der Waals surface area contributed by atoms with Gasteiger partial charge in [-0.3, -0.25) is 15.0 Å². The molecule has 0 bridgehead atoms. The number of amides is 1. The van der Waals surface area contributed by atoms with Crippen LogP contribution in [-0.4, -0.2) is 71.6 Å². The lowest BCUT2D eigenvalue weighted by molar-refractivity contribution is -0.134. The standard InChI is InChI=1S/C20H27N3O6S.ClH/c24-12-2-1-3-16-4-5-18(21-15-16)17-6-10-23(11-7-17)30(27,28)20(19(25)22-26)8-13-29-14-9-20;/h4-5,15,17,24,26H,2,6-14H2,(H,22,25);1H. The summed E-state index contributed by atoms with van der Waals surface area (Å²) >= 11 is 0. The molecule has 0 atom stereocenters. The molecule has 172 valence electrons. The Hall–Kier alpha value is -1.74. The monoisotopic (exact) mass is 473 g/mol. The first-order valence-electron chi connectivity index (χ1n) is 10.0. The van der Waals surface area contributed by atoms with Crippen LogP contribution in [0.15, 0.2) is 18.3 Å². The molecule has 11 heteroatoms. The lowest BCUT2D eigenvalue weighted by Crippen LogP contribution is -2.60. The number of hydrogen-bond acceptors (Lipinski definition) is 7. The summed E-state index contributed by atoms with van der Waals surface area (Å²) in [5.74, 6) is 5.00. The molecule has 0 spiro atoms. The molecule has 0 aromatic carbocycles. The second-order valence-electron chi connectivity index (χ2n) is 7.47. The van der Waals surface area contributed by atoms with Gasteiger partial charge in [0.05, 0.1) is 6.61 Å². The van der Waals surface area contributed by atoms with Gasteiger partial charge in [-0.1, -0.05) is 11.8 Å². The van der Waals surface area contributed by atoms with Gasteiger partial charge < -0.3 is 9.84 Å². The van der Waals surface area contributed by atoms with Crippen molar-refractivity contribution in [2.75, 3.05) is 32.9 Å². The van der Waals surface area contributed by atoms with Crippen LogP contribution in [0.3, 0.4) is 0 Å². The summed E-state index contributed by atoms with van der Waals surface area (Å²) in [5, 5.41) is 17.9. The van der Waals surface area contributed by atoms with Gasteiger partial charge in [0, 0.05) is 68.9 Å². The van der Waals surface area contributed by atoms with Crippen molar-refractivity contribution < 1.29 is 28.3 Å². The van der Waals surface area contributed by atoms with E-state index in [1.807, 2.05) is 12.1 Å². The van der Waals surface area contributed by atoms with Crippen molar-refractivity contribution in [1.29, 1.82) is 0 Å². The van der Waals surface area contributed by atoms with Crippen molar-refractivity contribution in [1.82, 2.24) is 14.8 Å². The van der Waals surface area contributed by atoms with Crippen molar-refractivity contribution in [3.8, 4) is 11.8 Å². The summed E-state index contributed by atoms with van der Waals surface area (Å²) in [6.07, 6.45) is 3.32. The summed E-state index contributed by atoms with van der Waals surface area (Å²) in [4.78, 5) is 16.8. The van der Waals surface area contributed by atoms with Crippen molar-refractivity contribution in [3.63, 3.8) is 0 Å². The van der Waals surface area contributed by atoms with Gasteiger partial charge in [-0.15, -0.1) is 12.4 Å². The fourth-order valence-electron chi connectivity index (χ4n) is 3.99. The lowest BCUT2D eigenvalue weighted by atomic mass is 9.94. The van der Waals surface area contributed by atoms with Gasteiger partial charge in [-0.05, 0) is 25.0 Å². The molecule has 0 radical (unpaired) electrons. The van der Waals surface area contributed by atoms with Gasteiger partial charge in [0.1, 0.15) is 0 Å². The first-order chi connectivity index (χ1) is 14.4. The van der Waals surface area contributed by atoms with E-state index >= 15 is 0 Å². The summed E-state index contributed by atoms with van der Waals surface area (Å²) in [5.41, 5.74) is 3.19. The molecule has 0 aliphatic carbocycles. The number of halogens is 1. The number of aromatic nitrogens is 1. The van der Waals surface area contributed by atoms with E-state index in [2.05, 4.69) is 16.8 Å². The highest BCUT2D eigenvalue weighted by Crippen LogP contribution is 2.36. The predicted octanol–water partition coefficient (Wildman–Crippen LogP) is 0.801. The Balaban J connectivity index is 0.00000341. The lowest BCUT2D eigenvalue weighted by Gasteiger charge is -2.40. The zero-order valence-electron chi connectivity index (χ0n) is 17.1. The maximum absolute atomic E-state index is 13.3. The molecule has 2 aliphatic rings. The number of carbonyl (C=O) groups excluding carboxylic acids is 1. The number of piperidine rings is 1. The maximum Gasteiger partial charge on any atom is 0.266 e. The van der Waals surface area contributed by atoms with E-state index in [0.717, 1.165) is 11.3 Å². The molecule has 9 nitrogen and oxygen atoms in total. The number of nitrogens with one attached hydrogen (secondary N) is 1. The minimum absolute atomic E-state index is 0. The molecule has 1 aromatic heterocycles. The van der Waals surface area contributed by atoms with E-state index in [-0.39, 0.29) is 64.1 Å². The number of hydrogen-bond donors (Lipinski definition) is 3. The first-order valence-corrected chi connectivity index (χ1v) is 11.5. The molecule has 0 saturated carbocycles. The highest BCUT2D eigenvalue weighted by atomic mass is 35.5. The summed E-state index contributed by atoms with van der Waals surface area (Å²) in [6.45, 7) is 0.900. The van der Waals surface area contributed by atoms with Gasteiger partial charge in [0.2, 0.25) is 10.0 Å². The number of nitrogens with zero attached hydrogens (tertiary/aromatic N) is 2. The van der Waals surface area contributed by atoms with Crippen LogP contribution >= 0.6 is 12.4 Å². The van der Waals surface area contributed by atoms with Gasteiger partial charge in [-0.25, -0.2) is 18.2 Å². The molecular formula is C20H28ClN3O6S. The number of ether oxygens (including phenoxy) is 1. The van der Waals surface area contributed by atoms with Crippen LogP contribution in [0, 0.1) is 11.8 Å². The SMILES string of the molecule is Cl.O=C(NO)C1(S(=O)(=O)N2CCC(c3ccc(C#CCCO)cn3)CC2)CCOCC1. The smallest absolute Gasteiger partial charge is 0.266 e. The molecule has 2 aliphatic heterocycles. The molecule has 1 amide bonds. The fourth-order valence-corrected chi connectivity index (χ4v) is 6.13. The zero-order chi connectivity index (χ0) is 21.6. The summed E-state index contributed by atoms with van der Waals surface area (Å²) in [7, 11) is -3.96. The van der Waals surface area contributed by atoms with Crippen molar-refractivity contribution in [2.24, 2.45) is 0 Å². The Labute approximate surface area is 188 Å². The predicted molar refractivity (Wildman–Crippen MR) is 115 cm³/mol. The van der Waals surface area contributed by atoms with Crippen LogP contribution in [0.1, 0.15) is 49.3 Å². The average Bonchev–Trinajstić information content (AvgIpc) is 2.79. The first kappa shape index (κ1) is 25.5. The second kappa shape index (κ2) is 11.2. The highest BCUT2D eigenvalue weighted by molar-refractivity contribution is 7.91. The summed E-state index contributed by atoms with van der Waals surface area (Å²) < 4.78 is 31.6. The Kier molecular flexibility index (Phi) is 9.24. The van der Waals surface area contributed by atoms with Crippen LogP contribution in [0.25, 0.3) is 0 Å². The molecule has 3 rings (SSSR count). The number of aliphatic hydroxyl groups excluding tert-OH is 1. The number of hydroxylamine groups is 1. The molecular weight excluding hydrogens is 446 g/mol. The minimum Gasteiger partial charge on any atom is -0.395 e. The van der Waals surface area contributed by atoms with E-state index in [1.165, 1.54) is 4.31 Å². The topological polar surface area (TPSA) is 129 Å². The van der Waals surface area contributed by atoms with Gasteiger partial charge in [0.15, 0.2) is 4.75 Å². The van der Waals surface area contributed by atoms with Crippen molar-refractivity contribution in [2.45, 2.75) is 42.8 Å². The fraction of sp³-hybridized carbons (Fsp3) is 0.600. The molecule has 2 saturated heterocycles. The number of rotatable bonds is 5. The average molecular weight is 474 g/mol. The van der Waals surface area contributed by atoms with E-state index in [9.17, 15) is 13.2 Å². The Bertz CT molecular complexity index is 899.